The zero-order chi connectivity index (χ0) is 16.4. The van der Waals surface area contributed by atoms with Crippen molar-refractivity contribution in [3.05, 3.63) is 53.6 Å². The summed E-state index contributed by atoms with van der Waals surface area (Å²) in [5.74, 6) is 1.52. The topological polar surface area (TPSA) is 50.7 Å². The molecule has 4 heteroatoms. The number of aromatic nitrogens is 3. The highest BCUT2D eigenvalue weighted by molar-refractivity contribution is 5.76. The van der Waals surface area contributed by atoms with Gasteiger partial charge < -0.3 is 5.32 Å². The predicted molar refractivity (Wildman–Crippen MR) is 95.2 cm³/mol. The SMILES string of the molecule is CC(C)c1ccc(Nc2nnc3cc(C(C)C)ccc3n2)cc1. The van der Waals surface area contributed by atoms with Gasteiger partial charge in [0, 0.05) is 5.69 Å². The zero-order valence-electron chi connectivity index (χ0n) is 14.0. The van der Waals surface area contributed by atoms with Crippen LogP contribution in [-0.4, -0.2) is 15.2 Å². The molecule has 0 spiro atoms. The molecule has 0 saturated heterocycles. The molecule has 118 valence electrons. The Balaban J connectivity index is 1.84. The van der Waals surface area contributed by atoms with Crippen molar-refractivity contribution in [1.82, 2.24) is 15.2 Å². The average molecular weight is 306 g/mol. The van der Waals surface area contributed by atoms with Crippen molar-refractivity contribution in [2.75, 3.05) is 5.32 Å². The molecule has 0 unspecified atom stereocenters. The molecule has 0 fully saturated rings. The molecule has 0 aliphatic carbocycles. The van der Waals surface area contributed by atoms with Crippen molar-refractivity contribution in [2.45, 2.75) is 39.5 Å². The summed E-state index contributed by atoms with van der Waals surface area (Å²) >= 11 is 0. The Morgan fingerprint density at radius 1 is 0.739 bits per heavy atom. The first kappa shape index (κ1) is 15.4. The van der Waals surface area contributed by atoms with E-state index in [2.05, 4.69) is 72.5 Å². The van der Waals surface area contributed by atoms with Gasteiger partial charge in [0.1, 0.15) is 5.52 Å². The lowest BCUT2D eigenvalue weighted by molar-refractivity contribution is 0.866. The van der Waals surface area contributed by atoms with Gasteiger partial charge in [-0.15, -0.1) is 10.2 Å². The molecule has 0 radical (unpaired) electrons. The summed E-state index contributed by atoms with van der Waals surface area (Å²) < 4.78 is 0. The highest BCUT2D eigenvalue weighted by Gasteiger charge is 2.06. The van der Waals surface area contributed by atoms with Crippen LogP contribution < -0.4 is 5.32 Å². The molecule has 0 bridgehead atoms. The third-order valence-corrected chi connectivity index (χ3v) is 3.98. The molecule has 3 aromatic rings. The van der Waals surface area contributed by atoms with Gasteiger partial charge in [0.2, 0.25) is 5.95 Å². The van der Waals surface area contributed by atoms with Gasteiger partial charge in [0.15, 0.2) is 0 Å². The third kappa shape index (κ3) is 3.47. The normalized spacial score (nSPS) is 11.4. The lowest BCUT2D eigenvalue weighted by atomic mass is 10.0. The minimum Gasteiger partial charge on any atom is -0.323 e. The molecular weight excluding hydrogens is 284 g/mol. The number of benzene rings is 2. The Morgan fingerprint density at radius 2 is 1.39 bits per heavy atom. The summed E-state index contributed by atoms with van der Waals surface area (Å²) in [6.07, 6.45) is 0. The van der Waals surface area contributed by atoms with Crippen molar-refractivity contribution < 1.29 is 0 Å². The fourth-order valence-electron chi connectivity index (χ4n) is 2.45. The van der Waals surface area contributed by atoms with E-state index in [9.17, 15) is 0 Å². The van der Waals surface area contributed by atoms with Gasteiger partial charge in [-0.1, -0.05) is 45.9 Å². The van der Waals surface area contributed by atoms with E-state index >= 15 is 0 Å². The molecule has 2 aromatic carbocycles. The summed E-state index contributed by atoms with van der Waals surface area (Å²) in [6.45, 7) is 8.70. The highest BCUT2D eigenvalue weighted by Crippen LogP contribution is 2.21. The molecule has 0 aliphatic rings. The van der Waals surface area contributed by atoms with E-state index < -0.39 is 0 Å². The maximum absolute atomic E-state index is 4.54. The van der Waals surface area contributed by atoms with E-state index in [1.807, 2.05) is 18.2 Å². The van der Waals surface area contributed by atoms with Gasteiger partial charge in [-0.2, -0.15) is 0 Å². The number of anilines is 2. The van der Waals surface area contributed by atoms with Crippen LogP contribution in [-0.2, 0) is 0 Å². The van der Waals surface area contributed by atoms with Crippen LogP contribution in [0.3, 0.4) is 0 Å². The largest absolute Gasteiger partial charge is 0.323 e. The van der Waals surface area contributed by atoms with Crippen LogP contribution in [0.2, 0.25) is 0 Å². The summed E-state index contributed by atoms with van der Waals surface area (Å²) in [5, 5.41) is 11.7. The van der Waals surface area contributed by atoms with Crippen LogP contribution in [0, 0.1) is 0 Å². The number of hydrogen-bond acceptors (Lipinski definition) is 4. The number of nitrogens with one attached hydrogen (secondary N) is 1. The second-order valence-corrected chi connectivity index (χ2v) is 6.44. The number of hydrogen-bond donors (Lipinski definition) is 1. The monoisotopic (exact) mass is 306 g/mol. The second kappa shape index (κ2) is 6.32. The van der Waals surface area contributed by atoms with E-state index in [-0.39, 0.29) is 0 Å². The smallest absolute Gasteiger partial charge is 0.247 e. The van der Waals surface area contributed by atoms with E-state index in [1.165, 1.54) is 11.1 Å². The maximum Gasteiger partial charge on any atom is 0.247 e. The number of rotatable bonds is 4. The van der Waals surface area contributed by atoms with Crippen molar-refractivity contribution >= 4 is 22.7 Å². The minimum atomic E-state index is 0.471. The standard InChI is InChI=1S/C19H22N4/c1-12(2)14-5-8-16(9-6-14)20-19-21-17-10-7-15(13(3)4)11-18(17)22-23-19/h5-13H,1-4H3,(H,20,21,23). The first-order valence-corrected chi connectivity index (χ1v) is 8.04. The maximum atomic E-state index is 4.54. The third-order valence-electron chi connectivity index (χ3n) is 3.98. The Kier molecular flexibility index (Phi) is 4.24. The van der Waals surface area contributed by atoms with Gasteiger partial charge in [-0.3, -0.25) is 0 Å². The Morgan fingerprint density at radius 3 is 2.04 bits per heavy atom. The fraction of sp³-hybridized carbons (Fsp3) is 0.316. The van der Waals surface area contributed by atoms with Gasteiger partial charge in [-0.25, -0.2) is 4.98 Å². The van der Waals surface area contributed by atoms with E-state index in [0.717, 1.165) is 16.7 Å². The molecule has 0 atom stereocenters. The van der Waals surface area contributed by atoms with Crippen LogP contribution >= 0.6 is 0 Å². The molecule has 1 aromatic heterocycles. The quantitative estimate of drug-likeness (QED) is 0.735. The number of nitrogens with zero attached hydrogens (tertiary/aromatic N) is 3. The van der Waals surface area contributed by atoms with E-state index in [0.29, 0.717) is 17.8 Å². The molecule has 4 nitrogen and oxygen atoms in total. The first-order chi connectivity index (χ1) is 11.0. The van der Waals surface area contributed by atoms with Crippen LogP contribution in [0.4, 0.5) is 11.6 Å². The molecule has 1 N–H and O–H groups in total. The van der Waals surface area contributed by atoms with Gasteiger partial charge in [0.05, 0.1) is 5.52 Å². The van der Waals surface area contributed by atoms with E-state index in [4.69, 9.17) is 0 Å². The average Bonchev–Trinajstić information content (AvgIpc) is 2.54. The first-order valence-electron chi connectivity index (χ1n) is 8.04. The summed E-state index contributed by atoms with van der Waals surface area (Å²) in [6, 6.07) is 14.5. The fourth-order valence-corrected chi connectivity index (χ4v) is 2.45. The zero-order valence-corrected chi connectivity index (χ0v) is 14.0. The predicted octanol–water partition coefficient (Wildman–Crippen LogP) is 5.02. The van der Waals surface area contributed by atoms with Crippen molar-refractivity contribution in [3.63, 3.8) is 0 Å². The molecule has 23 heavy (non-hydrogen) atoms. The lowest BCUT2D eigenvalue weighted by Gasteiger charge is -2.09. The highest BCUT2D eigenvalue weighted by atomic mass is 15.2. The summed E-state index contributed by atoms with van der Waals surface area (Å²) in [7, 11) is 0. The van der Waals surface area contributed by atoms with Gasteiger partial charge in [0.25, 0.3) is 0 Å². The lowest BCUT2D eigenvalue weighted by Crippen LogP contribution is -2.00. The molecule has 0 amide bonds. The summed E-state index contributed by atoms with van der Waals surface area (Å²) in [5.41, 5.74) is 5.21. The molecule has 3 rings (SSSR count). The molecule has 0 saturated carbocycles. The molecule has 1 heterocycles. The number of fused-ring (bicyclic) bond motifs is 1. The summed E-state index contributed by atoms with van der Waals surface area (Å²) in [4.78, 5) is 4.54. The Hall–Kier alpha value is -2.49. The van der Waals surface area contributed by atoms with E-state index in [1.54, 1.807) is 0 Å². The minimum absolute atomic E-state index is 0.471. The van der Waals surface area contributed by atoms with Gasteiger partial charge in [-0.05, 0) is 47.2 Å². The Bertz CT molecular complexity index is 807. The van der Waals surface area contributed by atoms with Crippen molar-refractivity contribution in [1.29, 1.82) is 0 Å². The van der Waals surface area contributed by atoms with Gasteiger partial charge >= 0.3 is 0 Å². The molecule has 0 aliphatic heterocycles. The van der Waals surface area contributed by atoms with Crippen molar-refractivity contribution in [3.8, 4) is 0 Å². The molecular formula is C19H22N4. The Labute approximate surface area is 137 Å². The second-order valence-electron chi connectivity index (χ2n) is 6.44. The van der Waals surface area contributed by atoms with Crippen LogP contribution in [0.25, 0.3) is 11.0 Å². The van der Waals surface area contributed by atoms with Crippen LogP contribution in [0.15, 0.2) is 42.5 Å². The van der Waals surface area contributed by atoms with Crippen LogP contribution in [0.1, 0.15) is 50.7 Å². The van der Waals surface area contributed by atoms with Crippen molar-refractivity contribution in [2.24, 2.45) is 0 Å². The van der Waals surface area contributed by atoms with Crippen LogP contribution in [0.5, 0.6) is 0 Å².